The summed E-state index contributed by atoms with van der Waals surface area (Å²) in [5, 5.41) is 6.52. The number of nitrogens with one attached hydrogen (secondary N) is 2. The molecule has 0 radical (unpaired) electrons. The van der Waals surface area contributed by atoms with E-state index < -0.39 is 0 Å². The predicted molar refractivity (Wildman–Crippen MR) is 86.3 cm³/mol. The van der Waals surface area contributed by atoms with Gasteiger partial charge in [-0.2, -0.15) is 0 Å². The van der Waals surface area contributed by atoms with E-state index in [1.165, 1.54) is 0 Å². The van der Waals surface area contributed by atoms with Crippen LogP contribution in [0.1, 0.15) is 27.2 Å². The van der Waals surface area contributed by atoms with Gasteiger partial charge >= 0.3 is 0 Å². The monoisotopic (exact) mass is 286 g/mol. The molecule has 0 saturated carbocycles. The molecule has 2 rings (SSSR count). The van der Waals surface area contributed by atoms with Crippen molar-refractivity contribution < 1.29 is 4.74 Å². The van der Waals surface area contributed by atoms with Crippen LogP contribution in [-0.2, 0) is 0 Å². The minimum Gasteiger partial charge on any atom is -0.489 e. The molecule has 1 aromatic carbocycles. The Balaban J connectivity index is 2.14. The summed E-state index contributed by atoms with van der Waals surface area (Å²) in [6.45, 7) is 7.03. The Kier molecular flexibility index (Phi) is 5.37. The van der Waals surface area contributed by atoms with Crippen molar-refractivity contribution in [3.05, 3.63) is 36.7 Å². The minimum atomic E-state index is 0.125. The molecule has 21 heavy (non-hydrogen) atoms. The third kappa shape index (κ3) is 4.63. The molecular weight excluding hydrogens is 264 g/mol. The second-order valence-corrected chi connectivity index (χ2v) is 5.00. The Morgan fingerprint density at radius 2 is 1.90 bits per heavy atom. The molecule has 0 bridgehead atoms. The van der Waals surface area contributed by atoms with Crippen LogP contribution in [0.2, 0.25) is 0 Å². The Morgan fingerprint density at radius 1 is 1.14 bits per heavy atom. The van der Waals surface area contributed by atoms with Crippen molar-refractivity contribution in [2.75, 3.05) is 17.2 Å². The normalized spacial score (nSPS) is 10.5. The van der Waals surface area contributed by atoms with Crippen molar-refractivity contribution in [1.29, 1.82) is 0 Å². The van der Waals surface area contributed by atoms with Gasteiger partial charge in [0.05, 0.1) is 11.8 Å². The van der Waals surface area contributed by atoms with Gasteiger partial charge in [0.25, 0.3) is 0 Å². The van der Waals surface area contributed by atoms with Gasteiger partial charge in [0.1, 0.15) is 23.7 Å². The molecule has 0 fully saturated rings. The van der Waals surface area contributed by atoms with Crippen LogP contribution in [0.4, 0.5) is 17.3 Å². The molecule has 2 N–H and O–H groups in total. The number of benzene rings is 1. The maximum Gasteiger partial charge on any atom is 0.143 e. The van der Waals surface area contributed by atoms with Crippen LogP contribution in [0, 0.1) is 0 Å². The summed E-state index contributed by atoms with van der Waals surface area (Å²) < 4.78 is 5.79. The Morgan fingerprint density at radius 3 is 2.67 bits per heavy atom. The number of hydrogen-bond acceptors (Lipinski definition) is 5. The Bertz CT molecular complexity index is 572. The van der Waals surface area contributed by atoms with Crippen LogP contribution in [0.25, 0.3) is 0 Å². The molecular formula is C16H22N4O. The predicted octanol–water partition coefficient (Wildman–Crippen LogP) is 3.83. The smallest absolute Gasteiger partial charge is 0.143 e. The first-order valence-corrected chi connectivity index (χ1v) is 7.27. The molecule has 5 heteroatoms. The molecule has 112 valence electrons. The highest BCUT2D eigenvalue weighted by Gasteiger charge is 2.06. The lowest BCUT2D eigenvalue weighted by Gasteiger charge is -2.15. The zero-order valence-electron chi connectivity index (χ0n) is 12.8. The number of para-hydroxylation sites is 2. The maximum absolute atomic E-state index is 5.79. The molecule has 1 heterocycles. The van der Waals surface area contributed by atoms with E-state index in [2.05, 4.69) is 27.5 Å². The molecule has 0 atom stereocenters. The molecule has 0 unspecified atom stereocenters. The topological polar surface area (TPSA) is 59.1 Å². The Hall–Kier alpha value is -2.30. The van der Waals surface area contributed by atoms with Crippen LogP contribution >= 0.6 is 0 Å². The van der Waals surface area contributed by atoms with Crippen LogP contribution < -0.4 is 15.4 Å². The summed E-state index contributed by atoms with van der Waals surface area (Å²) in [5.41, 5.74) is 0.895. The van der Waals surface area contributed by atoms with Crippen LogP contribution in [0.15, 0.2) is 36.7 Å². The van der Waals surface area contributed by atoms with Crippen molar-refractivity contribution in [1.82, 2.24) is 9.97 Å². The number of nitrogens with zero attached hydrogens (tertiary/aromatic N) is 2. The van der Waals surface area contributed by atoms with E-state index in [9.17, 15) is 0 Å². The van der Waals surface area contributed by atoms with E-state index in [4.69, 9.17) is 4.74 Å². The van der Waals surface area contributed by atoms with E-state index >= 15 is 0 Å². The molecule has 2 aromatic rings. The number of hydrogen-bond donors (Lipinski definition) is 2. The largest absolute Gasteiger partial charge is 0.489 e. The highest BCUT2D eigenvalue weighted by atomic mass is 16.5. The van der Waals surface area contributed by atoms with Gasteiger partial charge in [-0.25, -0.2) is 9.97 Å². The van der Waals surface area contributed by atoms with Crippen molar-refractivity contribution >= 4 is 17.3 Å². The first kappa shape index (κ1) is 15.1. The summed E-state index contributed by atoms with van der Waals surface area (Å²) in [5.74, 6) is 2.37. The molecule has 0 spiro atoms. The van der Waals surface area contributed by atoms with Gasteiger partial charge in [0.2, 0.25) is 0 Å². The molecule has 1 aromatic heterocycles. The van der Waals surface area contributed by atoms with Crippen molar-refractivity contribution in [3.8, 4) is 5.75 Å². The summed E-state index contributed by atoms with van der Waals surface area (Å²) in [6, 6.07) is 9.73. The fourth-order valence-corrected chi connectivity index (χ4v) is 1.84. The molecule has 5 nitrogen and oxygen atoms in total. The summed E-state index contributed by atoms with van der Waals surface area (Å²) in [7, 11) is 0. The SMILES string of the molecule is CCCNc1cc(Nc2ccccc2OC(C)C)ncn1. The zero-order chi connectivity index (χ0) is 15.1. The fraction of sp³-hybridized carbons (Fsp3) is 0.375. The van der Waals surface area contributed by atoms with E-state index in [1.54, 1.807) is 6.33 Å². The average Bonchev–Trinajstić information content (AvgIpc) is 2.47. The number of aromatic nitrogens is 2. The lowest BCUT2D eigenvalue weighted by atomic mass is 10.3. The van der Waals surface area contributed by atoms with Crippen LogP contribution in [-0.4, -0.2) is 22.6 Å². The summed E-state index contributed by atoms with van der Waals surface area (Å²) >= 11 is 0. The van der Waals surface area contributed by atoms with Crippen molar-refractivity contribution in [2.45, 2.75) is 33.3 Å². The third-order valence-electron chi connectivity index (χ3n) is 2.74. The fourth-order valence-electron chi connectivity index (χ4n) is 1.84. The standard InChI is InChI=1S/C16H22N4O/c1-4-9-17-15-10-16(19-11-18-15)20-13-7-5-6-8-14(13)21-12(2)3/h5-8,10-12H,4,9H2,1-3H3,(H2,17,18,19,20). The zero-order valence-corrected chi connectivity index (χ0v) is 12.8. The molecule has 0 aliphatic heterocycles. The lowest BCUT2D eigenvalue weighted by molar-refractivity contribution is 0.244. The van der Waals surface area contributed by atoms with Crippen molar-refractivity contribution in [3.63, 3.8) is 0 Å². The number of ether oxygens (including phenoxy) is 1. The van der Waals surface area contributed by atoms with E-state index in [0.29, 0.717) is 0 Å². The molecule has 0 aliphatic rings. The first-order chi connectivity index (χ1) is 10.2. The quantitative estimate of drug-likeness (QED) is 0.810. The Labute approximate surface area is 125 Å². The second kappa shape index (κ2) is 7.47. The van der Waals surface area contributed by atoms with Crippen LogP contribution in [0.5, 0.6) is 5.75 Å². The highest BCUT2D eigenvalue weighted by molar-refractivity contribution is 5.65. The van der Waals surface area contributed by atoms with Gasteiger partial charge in [-0.15, -0.1) is 0 Å². The van der Waals surface area contributed by atoms with Crippen LogP contribution in [0.3, 0.4) is 0 Å². The second-order valence-electron chi connectivity index (χ2n) is 5.00. The van der Waals surface area contributed by atoms with Gasteiger partial charge in [-0.1, -0.05) is 19.1 Å². The van der Waals surface area contributed by atoms with E-state index in [1.807, 2.05) is 44.2 Å². The summed E-state index contributed by atoms with van der Waals surface area (Å²) in [6.07, 6.45) is 2.73. The van der Waals surface area contributed by atoms with E-state index in [0.717, 1.165) is 36.0 Å². The van der Waals surface area contributed by atoms with Gasteiger partial charge in [0, 0.05) is 12.6 Å². The summed E-state index contributed by atoms with van der Waals surface area (Å²) in [4.78, 5) is 8.44. The van der Waals surface area contributed by atoms with Gasteiger partial charge in [-0.3, -0.25) is 0 Å². The molecule has 0 saturated heterocycles. The van der Waals surface area contributed by atoms with E-state index in [-0.39, 0.29) is 6.10 Å². The lowest BCUT2D eigenvalue weighted by Crippen LogP contribution is -2.08. The van der Waals surface area contributed by atoms with Gasteiger partial charge < -0.3 is 15.4 Å². The van der Waals surface area contributed by atoms with Gasteiger partial charge in [0.15, 0.2) is 0 Å². The average molecular weight is 286 g/mol. The minimum absolute atomic E-state index is 0.125. The molecule has 0 aliphatic carbocycles. The number of anilines is 3. The molecule has 0 amide bonds. The number of rotatable bonds is 7. The highest BCUT2D eigenvalue weighted by Crippen LogP contribution is 2.27. The third-order valence-corrected chi connectivity index (χ3v) is 2.74. The van der Waals surface area contributed by atoms with Crippen molar-refractivity contribution in [2.24, 2.45) is 0 Å². The maximum atomic E-state index is 5.79. The first-order valence-electron chi connectivity index (χ1n) is 7.27. The van der Waals surface area contributed by atoms with Gasteiger partial charge in [-0.05, 0) is 32.4 Å².